The van der Waals surface area contributed by atoms with E-state index < -0.39 is 27.8 Å². The van der Waals surface area contributed by atoms with Gasteiger partial charge in [-0.25, -0.2) is 22.5 Å². The Kier molecular flexibility index (Phi) is 7.35. The van der Waals surface area contributed by atoms with E-state index in [4.69, 9.17) is 0 Å². The van der Waals surface area contributed by atoms with Crippen molar-refractivity contribution < 1.29 is 36.6 Å². The number of sulfonamides is 1. The van der Waals surface area contributed by atoms with Crippen LogP contribution in [0.15, 0.2) is 93.6 Å². The normalized spacial score (nSPS) is 20.7. The molecule has 0 aromatic heterocycles. The van der Waals surface area contributed by atoms with Crippen LogP contribution in [0.25, 0.3) is 0 Å². The Hall–Kier alpha value is -3.70. The van der Waals surface area contributed by atoms with Crippen LogP contribution in [0.2, 0.25) is 0 Å². The quantitative estimate of drug-likeness (QED) is 0.471. The number of aliphatic hydroxyl groups is 1. The lowest BCUT2D eigenvalue weighted by Gasteiger charge is -2.33. The number of hydrogen-bond acceptors (Lipinski definition) is 5. The molecule has 0 saturated carbocycles. The summed E-state index contributed by atoms with van der Waals surface area (Å²) in [6.07, 6.45) is 2.59. The molecule has 2 aromatic carbocycles. The Balaban J connectivity index is 1.79. The number of allylic oxidation sites excluding steroid dienone is 5. The van der Waals surface area contributed by atoms with E-state index in [1.54, 1.807) is 13.1 Å². The second-order valence-electron chi connectivity index (χ2n) is 9.73. The third-order valence-electron chi connectivity index (χ3n) is 7.06. The monoisotopic (exact) mass is 560 g/mol. The van der Waals surface area contributed by atoms with E-state index in [1.165, 1.54) is 36.4 Å². The van der Waals surface area contributed by atoms with Crippen LogP contribution in [0.3, 0.4) is 0 Å². The number of carbonyl (C=O) groups is 1. The van der Waals surface area contributed by atoms with Gasteiger partial charge in [-0.3, -0.25) is 0 Å². The lowest BCUT2D eigenvalue weighted by Crippen LogP contribution is -2.39. The molecular weight excluding hydrogens is 533 g/mol. The summed E-state index contributed by atoms with van der Waals surface area (Å²) >= 11 is 0. The van der Waals surface area contributed by atoms with Crippen LogP contribution >= 0.6 is 0 Å². The largest absolute Gasteiger partial charge is 0.478 e. The second-order valence-corrected chi connectivity index (χ2v) is 11.6. The number of carboxylic acids is 1. The van der Waals surface area contributed by atoms with Crippen molar-refractivity contribution in [2.45, 2.75) is 44.0 Å². The van der Waals surface area contributed by atoms with Gasteiger partial charge in [0.05, 0.1) is 17.0 Å². The van der Waals surface area contributed by atoms with Gasteiger partial charge in [0.25, 0.3) is 10.0 Å². The van der Waals surface area contributed by atoms with E-state index in [2.05, 4.69) is 4.99 Å². The van der Waals surface area contributed by atoms with E-state index in [9.17, 15) is 36.6 Å². The molecule has 3 atom stereocenters. The second kappa shape index (κ2) is 10.1. The first-order valence-electron chi connectivity index (χ1n) is 12.0. The van der Waals surface area contributed by atoms with Crippen LogP contribution in [0.5, 0.6) is 0 Å². The van der Waals surface area contributed by atoms with Crippen molar-refractivity contribution in [2.24, 2.45) is 16.8 Å². The molecule has 2 aliphatic rings. The molecule has 1 aliphatic carbocycles. The molecule has 0 radical (unpaired) electrons. The van der Waals surface area contributed by atoms with E-state index in [-0.39, 0.29) is 40.2 Å². The molecule has 0 saturated heterocycles. The van der Waals surface area contributed by atoms with Gasteiger partial charge in [0.1, 0.15) is 5.82 Å². The minimum absolute atomic E-state index is 0.0398. The average molecular weight is 561 g/mol. The zero-order valence-electron chi connectivity index (χ0n) is 21.3. The summed E-state index contributed by atoms with van der Waals surface area (Å²) in [5.74, 6) is -0.956. The summed E-state index contributed by atoms with van der Waals surface area (Å²) in [6, 6.07) is 9.58. The molecule has 1 aliphatic heterocycles. The summed E-state index contributed by atoms with van der Waals surface area (Å²) in [7, 11) is -4.29. The highest BCUT2D eigenvalue weighted by Crippen LogP contribution is 2.40. The lowest BCUT2D eigenvalue weighted by molar-refractivity contribution is -0.258. The minimum atomic E-state index is -4.90. The fourth-order valence-corrected chi connectivity index (χ4v) is 5.97. The SMILES string of the molecule is CC1=C(N(Cc2ccc(C(C)(O)C(F)(F)F)cc2)S(=O)(=O)c2ccc(C(=O)O)cc2)N=CC2C1=CC=CC2C. The van der Waals surface area contributed by atoms with Gasteiger partial charge in [0, 0.05) is 12.1 Å². The van der Waals surface area contributed by atoms with Crippen LogP contribution in [0, 0.1) is 11.8 Å². The summed E-state index contributed by atoms with van der Waals surface area (Å²) in [4.78, 5) is 15.6. The highest BCUT2D eigenvalue weighted by atomic mass is 32.2. The smallest absolute Gasteiger partial charge is 0.421 e. The number of aliphatic imine (C=N–C) groups is 1. The molecule has 3 unspecified atom stereocenters. The maximum Gasteiger partial charge on any atom is 0.421 e. The number of benzene rings is 2. The number of carboxylic acid groups (broad SMARTS) is 1. The average Bonchev–Trinajstić information content (AvgIpc) is 2.88. The van der Waals surface area contributed by atoms with Gasteiger partial charge >= 0.3 is 12.1 Å². The Bertz CT molecular complexity index is 1500. The number of alkyl halides is 3. The highest BCUT2D eigenvalue weighted by molar-refractivity contribution is 7.89. The summed E-state index contributed by atoms with van der Waals surface area (Å²) in [5.41, 5.74) is -1.68. The molecule has 0 bridgehead atoms. The van der Waals surface area contributed by atoms with Crippen LogP contribution in [-0.2, 0) is 22.2 Å². The molecule has 7 nitrogen and oxygen atoms in total. The Morgan fingerprint density at radius 3 is 2.26 bits per heavy atom. The molecule has 0 fully saturated rings. The van der Waals surface area contributed by atoms with Crippen LogP contribution in [-0.4, -0.2) is 41.3 Å². The van der Waals surface area contributed by atoms with Crippen molar-refractivity contribution in [3.8, 4) is 0 Å². The van der Waals surface area contributed by atoms with E-state index in [0.29, 0.717) is 18.1 Å². The first-order chi connectivity index (χ1) is 18.1. The predicted molar refractivity (Wildman–Crippen MR) is 139 cm³/mol. The summed E-state index contributed by atoms with van der Waals surface area (Å²) in [5, 5.41) is 19.2. The fourth-order valence-electron chi connectivity index (χ4n) is 4.50. The number of nitrogens with zero attached hydrogens (tertiary/aromatic N) is 2. The van der Waals surface area contributed by atoms with Gasteiger partial charge in [-0.2, -0.15) is 13.2 Å². The molecule has 206 valence electrons. The number of rotatable bonds is 7. The molecule has 0 amide bonds. The predicted octanol–water partition coefficient (Wildman–Crippen LogP) is 5.41. The van der Waals surface area contributed by atoms with Gasteiger partial charge in [-0.15, -0.1) is 0 Å². The van der Waals surface area contributed by atoms with Crippen molar-refractivity contribution in [2.75, 3.05) is 0 Å². The Morgan fingerprint density at radius 2 is 1.69 bits per heavy atom. The summed E-state index contributed by atoms with van der Waals surface area (Å²) in [6.45, 7) is 4.16. The Labute approximate surface area is 224 Å². The molecule has 11 heteroatoms. The fraction of sp³-hybridized carbons (Fsp3) is 0.286. The van der Waals surface area contributed by atoms with Crippen molar-refractivity contribution in [3.63, 3.8) is 0 Å². The van der Waals surface area contributed by atoms with E-state index >= 15 is 0 Å². The Morgan fingerprint density at radius 1 is 1.08 bits per heavy atom. The third kappa shape index (κ3) is 5.28. The van der Waals surface area contributed by atoms with Crippen molar-refractivity contribution in [1.29, 1.82) is 0 Å². The first-order valence-corrected chi connectivity index (χ1v) is 13.5. The molecule has 2 N–H and O–H groups in total. The van der Waals surface area contributed by atoms with Crippen molar-refractivity contribution in [3.05, 3.63) is 100 Å². The first kappa shape index (κ1) is 28.3. The number of fused-ring (bicyclic) bond motifs is 1. The van der Waals surface area contributed by atoms with Gasteiger partial charge < -0.3 is 10.2 Å². The van der Waals surface area contributed by atoms with Gasteiger partial charge in [-0.1, -0.05) is 49.4 Å². The standard InChI is InChI=1S/C28H27F3N2O5S/c1-17-5-4-6-23-18(2)25(32-15-24(17)23)33(39(37,38)22-13-9-20(10-14-22)26(34)35)16-19-7-11-21(12-8-19)27(3,36)28(29,30)31/h4-15,17,24,36H,16H2,1-3H3,(H,34,35). The molecule has 0 spiro atoms. The van der Waals surface area contributed by atoms with Crippen molar-refractivity contribution in [1.82, 2.24) is 4.31 Å². The van der Waals surface area contributed by atoms with Crippen LogP contribution < -0.4 is 0 Å². The molecular formula is C28H27F3N2O5S. The lowest BCUT2D eigenvalue weighted by atomic mass is 9.80. The number of hydrogen-bond donors (Lipinski definition) is 2. The maximum absolute atomic E-state index is 13.9. The van der Waals surface area contributed by atoms with Gasteiger partial charge in [-0.05, 0) is 66.3 Å². The van der Waals surface area contributed by atoms with Crippen LogP contribution in [0.1, 0.15) is 42.3 Å². The maximum atomic E-state index is 13.9. The molecule has 1 heterocycles. The van der Waals surface area contributed by atoms with Crippen molar-refractivity contribution >= 4 is 22.2 Å². The molecule has 39 heavy (non-hydrogen) atoms. The zero-order valence-corrected chi connectivity index (χ0v) is 22.2. The third-order valence-corrected chi connectivity index (χ3v) is 8.81. The number of halogens is 3. The van der Waals surface area contributed by atoms with Gasteiger partial charge in [0.15, 0.2) is 5.60 Å². The van der Waals surface area contributed by atoms with E-state index in [0.717, 1.165) is 22.0 Å². The molecule has 2 aromatic rings. The summed E-state index contributed by atoms with van der Waals surface area (Å²) < 4.78 is 68.7. The number of aromatic carboxylic acids is 1. The highest BCUT2D eigenvalue weighted by Gasteiger charge is 2.51. The van der Waals surface area contributed by atoms with Crippen LogP contribution in [0.4, 0.5) is 13.2 Å². The molecule has 4 rings (SSSR count). The zero-order chi connectivity index (χ0) is 28.8. The minimum Gasteiger partial charge on any atom is -0.478 e. The van der Waals surface area contributed by atoms with E-state index in [1.807, 2.05) is 25.2 Å². The van der Waals surface area contributed by atoms with Gasteiger partial charge in [0.2, 0.25) is 0 Å². The topological polar surface area (TPSA) is 107 Å².